The quantitative estimate of drug-likeness (QED) is 0.462. The van der Waals surface area contributed by atoms with Crippen LogP contribution in [0.25, 0.3) is 0 Å². The molecule has 8 heteroatoms. The summed E-state index contributed by atoms with van der Waals surface area (Å²) in [5.41, 5.74) is 2.49. The number of amides is 2. The van der Waals surface area contributed by atoms with Crippen molar-refractivity contribution in [3.63, 3.8) is 0 Å². The summed E-state index contributed by atoms with van der Waals surface area (Å²) in [4.78, 5) is 27.4. The number of rotatable bonds is 9. The Hall–Kier alpha value is -1.95. The SMILES string of the molecule is CC[C@@H](C)NC(=O)[C@H](C)N(Cc1ccc(Cl)c(Cl)c1)C(=O)COc1cc(C)c(Cl)c(C)c1. The van der Waals surface area contributed by atoms with Gasteiger partial charge in [0.25, 0.3) is 5.91 Å². The van der Waals surface area contributed by atoms with Crippen LogP contribution >= 0.6 is 34.8 Å². The predicted molar refractivity (Wildman–Crippen MR) is 131 cm³/mol. The van der Waals surface area contributed by atoms with Crippen LogP contribution in [-0.4, -0.2) is 35.4 Å². The highest BCUT2D eigenvalue weighted by Crippen LogP contribution is 2.26. The van der Waals surface area contributed by atoms with Crippen LogP contribution in [0.5, 0.6) is 5.75 Å². The van der Waals surface area contributed by atoms with Crippen LogP contribution in [-0.2, 0) is 16.1 Å². The molecule has 2 amide bonds. The fourth-order valence-electron chi connectivity index (χ4n) is 3.10. The molecule has 0 fully saturated rings. The van der Waals surface area contributed by atoms with E-state index in [4.69, 9.17) is 39.5 Å². The monoisotopic (exact) mass is 498 g/mol. The van der Waals surface area contributed by atoms with Crippen molar-refractivity contribution in [3.8, 4) is 5.75 Å². The summed E-state index contributed by atoms with van der Waals surface area (Å²) in [6.07, 6.45) is 0.789. The Labute approximate surface area is 205 Å². The van der Waals surface area contributed by atoms with Crippen molar-refractivity contribution >= 4 is 46.6 Å². The van der Waals surface area contributed by atoms with Gasteiger partial charge in [-0.1, -0.05) is 47.8 Å². The molecule has 5 nitrogen and oxygen atoms in total. The smallest absolute Gasteiger partial charge is 0.261 e. The Kier molecular flexibility index (Phi) is 9.68. The van der Waals surface area contributed by atoms with Gasteiger partial charge in [0.15, 0.2) is 6.61 Å². The molecule has 2 atom stereocenters. The first-order chi connectivity index (χ1) is 15.0. The maximum atomic E-state index is 13.1. The lowest BCUT2D eigenvalue weighted by Crippen LogP contribution is -2.50. The summed E-state index contributed by atoms with van der Waals surface area (Å²) in [5.74, 6) is -0.0111. The largest absolute Gasteiger partial charge is 0.484 e. The van der Waals surface area contributed by atoms with E-state index in [9.17, 15) is 9.59 Å². The highest BCUT2D eigenvalue weighted by atomic mass is 35.5. The number of carbonyl (C=O) groups excluding carboxylic acids is 2. The van der Waals surface area contributed by atoms with Crippen LogP contribution < -0.4 is 10.1 Å². The third-order valence-corrected chi connectivity index (χ3v) is 6.61. The molecule has 2 aromatic rings. The molecule has 0 saturated carbocycles. The molecular formula is C24H29Cl3N2O3. The number of ether oxygens (including phenoxy) is 1. The van der Waals surface area contributed by atoms with E-state index in [1.54, 1.807) is 37.3 Å². The van der Waals surface area contributed by atoms with E-state index in [0.717, 1.165) is 23.1 Å². The van der Waals surface area contributed by atoms with Crippen molar-refractivity contribution in [2.75, 3.05) is 6.61 Å². The van der Waals surface area contributed by atoms with E-state index in [2.05, 4.69) is 5.32 Å². The van der Waals surface area contributed by atoms with Crippen LogP contribution in [0, 0.1) is 13.8 Å². The molecule has 0 unspecified atom stereocenters. The molecule has 0 bridgehead atoms. The number of hydrogen-bond donors (Lipinski definition) is 1. The van der Waals surface area contributed by atoms with Crippen molar-refractivity contribution in [2.24, 2.45) is 0 Å². The van der Waals surface area contributed by atoms with Crippen LogP contribution in [0.4, 0.5) is 0 Å². The van der Waals surface area contributed by atoms with Gasteiger partial charge in [-0.15, -0.1) is 0 Å². The normalized spacial score (nSPS) is 12.8. The number of nitrogens with one attached hydrogen (secondary N) is 1. The van der Waals surface area contributed by atoms with E-state index < -0.39 is 6.04 Å². The fraction of sp³-hybridized carbons (Fsp3) is 0.417. The first-order valence-corrected chi connectivity index (χ1v) is 11.6. The number of benzene rings is 2. The minimum atomic E-state index is -0.705. The third kappa shape index (κ3) is 7.03. The molecule has 0 aliphatic rings. The van der Waals surface area contributed by atoms with E-state index in [1.165, 1.54) is 4.90 Å². The van der Waals surface area contributed by atoms with Gasteiger partial charge < -0.3 is 15.0 Å². The van der Waals surface area contributed by atoms with Gasteiger partial charge in [-0.05, 0) is 75.1 Å². The van der Waals surface area contributed by atoms with Gasteiger partial charge in [-0.2, -0.15) is 0 Å². The van der Waals surface area contributed by atoms with Gasteiger partial charge in [0.2, 0.25) is 5.91 Å². The minimum Gasteiger partial charge on any atom is -0.484 e. The summed E-state index contributed by atoms with van der Waals surface area (Å²) in [5, 5.41) is 4.41. The molecule has 0 radical (unpaired) electrons. The number of carbonyl (C=O) groups is 2. The Bertz CT molecular complexity index is 958. The number of nitrogens with zero attached hydrogens (tertiary/aromatic N) is 1. The van der Waals surface area contributed by atoms with Crippen molar-refractivity contribution in [1.82, 2.24) is 10.2 Å². The van der Waals surface area contributed by atoms with Crippen LogP contribution in [0.15, 0.2) is 30.3 Å². The summed E-state index contributed by atoms with van der Waals surface area (Å²) < 4.78 is 5.75. The van der Waals surface area contributed by atoms with Crippen molar-refractivity contribution in [2.45, 2.75) is 59.7 Å². The average molecular weight is 500 g/mol. The van der Waals surface area contributed by atoms with Gasteiger partial charge in [-0.25, -0.2) is 0 Å². The summed E-state index contributed by atoms with van der Waals surface area (Å²) in [7, 11) is 0. The average Bonchev–Trinajstić information content (AvgIpc) is 2.75. The molecule has 174 valence electrons. The maximum absolute atomic E-state index is 13.1. The van der Waals surface area contributed by atoms with Gasteiger partial charge in [0.05, 0.1) is 10.0 Å². The molecular weight excluding hydrogens is 471 g/mol. The van der Waals surface area contributed by atoms with E-state index in [-0.39, 0.29) is 31.0 Å². The second kappa shape index (κ2) is 11.8. The molecule has 0 spiro atoms. The van der Waals surface area contributed by atoms with Crippen LogP contribution in [0.1, 0.15) is 43.9 Å². The number of aryl methyl sites for hydroxylation is 2. The van der Waals surface area contributed by atoms with E-state index in [1.807, 2.05) is 27.7 Å². The molecule has 1 N–H and O–H groups in total. The van der Waals surface area contributed by atoms with Gasteiger partial charge in [-0.3, -0.25) is 9.59 Å². The highest BCUT2D eigenvalue weighted by Gasteiger charge is 2.27. The molecule has 0 aromatic heterocycles. The van der Waals surface area contributed by atoms with Gasteiger partial charge in [0.1, 0.15) is 11.8 Å². The molecule has 0 heterocycles. The first kappa shape index (κ1) is 26.3. The molecule has 2 aromatic carbocycles. The predicted octanol–water partition coefficient (Wildman–Crippen LogP) is 5.97. The fourth-order valence-corrected chi connectivity index (χ4v) is 3.53. The molecule has 2 rings (SSSR count). The second-order valence-corrected chi connectivity index (χ2v) is 9.12. The van der Waals surface area contributed by atoms with Crippen LogP contribution in [0.2, 0.25) is 15.1 Å². The lowest BCUT2D eigenvalue weighted by atomic mass is 10.1. The third-order valence-electron chi connectivity index (χ3n) is 5.28. The molecule has 0 saturated heterocycles. The molecule has 0 aliphatic carbocycles. The Morgan fingerprint density at radius 2 is 1.66 bits per heavy atom. The maximum Gasteiger partial charge on any atom is 0.261 e. The summed E-state index contributed by atoms with van der Waals surface area (Å²) in [6, 6.07) is 8.00. The lowest BCUT2D eigenvalue weighted by Gasteiger charge is -2.29. The first-order valence-electron chi connectivity index (χ1n) is 10.5. The second-order valence-electron chi connectivity index (χ2n) is 7.92. The van der Waals surface area contributed by atoms with Gasteiger partial charge >= 0.3 is 0 Å². The Balaban J connectivity index is 2.22. The van der Waals surface area contributed by atoms with E-state index >= 15 is 0 Å². The van der Waals surface area contributed by atoms with E-state index in [0.29, 0.717) is 20.8 Å². The standard InChI is InChI=1S/C24H29Cl3N2O3/c1-6-16(4)28-24(31)17(5)29(12-18-7-8-20(25)21(26)11-18)22(30)13-32-19-9-14(2)23(27)15(3)10-19/h7-11,16-17H,6,12-13H2,1-5H3,(H,28,31)/t16-,17+/m1/s1. The zero-order valence-corrected chi connectivity index (χ0v) is 21.2. The topological polar surface area (TPSA) is 58.6 Å². The zero-order chi connectivity index (χ0) is 24.0. The van der Waals surface area contributed by atoms with Crippen molar-refractivity contribution in [3.05, 3.63) is 62.1 Å². The zero-order valence-electron chi connectivity index (χ0n) is 19.0. The lowest BCUT2D eigenvalue weighted by molar-refractivity contribution is -0.142. The van der Waals surface area contributed by atoms with Crippen molar-refractivity contribution in [1.29, 1.82) is 0 Å². The van der Waals surface area contributed by atoms with Gasteiger partial charge in [0, 0.05) is 17.6 Å². The number of hydrogen-bond acceptors (Lipinski definition) is 3. The molecule has 0 aliphatic heterocycles. The Morgan fingerprint density at radius 1 is 1.03 bits per heavy atom. The van der Waals surface area contributed by atoms with Crippen molar-refractivity contribution < 1.29 is 14.3 Å². The minimum absolute atomic E-state index is 0.00291. The number of halogens is 3. The van der Waals surface area contributed by atoms with Crippen LogP contribution in [0.3, 0.4) is 0 Å². The summed E-state index contributed by atoms with van der Waals surface area (Å²) in [6.45, 7) is 9.32. The molecule has 32 heavy (non-hydrogen) atoms. The Morgan fingerprint density at radius 3 is 2.22 bits per heavy atom. The summed E-state index contributed by atoms with van der Waals surface area (Å²) >= 11 is 18.4. The highest BCUT2D eigenvalue weighted by molar-refractivity contribution is 6.42.